The molecule has 13 heavy (non-hydrogen) atoms. The molecular formula is C12H12O. The number of allylic oxidation sites excluding steroid dienone is 2. The van der Waals surface area contributed by atoms with E-state index < -0.39 is 0 Å². The predicted molar refractivity (Wildman–Crippen MR) is 52.6 cm³/mol. The van der Waals surface area contributed by atoms with Gasteiger partial charge in [0.1, 0.15) is 6.29 Å². The van der Waals surface area contributed by atoms with Gasteiger partial charge in [0.25, 0.3) is 0 Å². The van der Waals surface area contributed by atoms with Crippen molar-refractivity contribution in [2.75, 3.05) is 0 Å². The molecule has 0 saturated carbocycles. The van der Waals surface area contributed by atoms with Crippen molar-refractivity contribution < 1.29 is 4.79 Å². The van der Waals surface area contributed by atoms with Crippen LogP contribution in [0.15, 0.2) is 42.5 Å². The monoisotopic (exact) mass is 172 g/mol. The SMILES string of the molecule is O=CC1(c2ccccc2)CC=CC1. The zero-order chi connectivity index (χ0) is 9.15. The fraction of sp³-hybridized carbons (Fsp3) is 0.250. The van der Waals surface area contributed by atoms with Gasteiger partial charge in [0.2, 0.25) is 0 Å². The molecule has 66 valence electrons. The Labute approximate surface area is 78.1 Å². The normalized spacial score (nSPS) is 18.8. The Kier molecular flexibility index (Phi) is 2.01. The van der Waals surface area contributed by atoms with Crippen molar-refractivity contribution in [2.45, 2.75) is 18.3 Å². The van der Waals surface area contributed by atoms with Gasteiger partial charge in [0.15, 0.2) is 0 Å². The van der Waals surface area contributed by atoms with Crippen molar-refractivity contribution >= 4 is 6.29 Å². The molecule has 0 spiro atoms. The fourth-order valence-electron chi connectivity index (χ4n) is 1.84. The Hall–Kier alpha value is -1.37. The third-order valence-corrected chi connectivity index (χ3v) is 2.71. The Balaban J connectivity index is 2.38. The Morgan fingerprint density at radius 2 is 1.69 bits per heavy atom. The molecule has 1 heteroatoms. The van der Waals surface area contributed by atoms with Crippen LogP contribution >= 0.6 is 0 Å². The van der Waals surface area contributed by atoms with Gasteiger partial charge < -0.3 is 4.79 Å². The van der Waals surface area contributed by atoms with Crippen molar-refractivity contribution in [1.29, 1.82) is 0 Å². The lowest BCUT2D eigenvalue weighted by molar-refractivity contribution is -0.112. The van der Waals surface area contributed by atoms with Crippen LogP contribution < -0.4 is 0 Å². The van der Waals surface area contributed by atoms with Crippen LogP contribution in [0.2, 0.25) is 0 Å². The quantitative estimate of drug-likeness (QED) is 0.494. The van der Waals surface area contributed by atoms with E-state index in [1.165, 1.54) is 0 Å². The third-order valence-electron chi connectivity index (χ3n) is 2.71. The molecular weight excluding hydrogens is 160 g/mol. The molecule has 0 atom stereocenters. The van der Waals surface area contributed by atoms with Gasteiger partial charge in [-0.25, -0.2) is 0 Å². The summed E-state index contributed by atoms with van der Waals surface area (Å²) in [7, 11) is 0. The van der Waals surface area contributed by atoms with E-state index in [4.69, 9.17) is 0 Å². The van der Waals surface area contributed by atoms with Crippen LogP contribution in [-0.4, -0.2) is 6.29 Å². The first-order valence-electron chi connectivity index (χ1n) is 4.54. The fourth-order valence-corrected chi connectivity index (χ4v) is 1.84. The smallest absolute Gasteiger partial charge is 0.131 e. The van der Waals surface area contributed by atoms with Crippen molar-refractivity contribution in [3.63, 3.8) is 0 Å². The van der Waals surface area contributed by atoms with Crippen LogP contribution in [0.5, 0.6) is 0 Å². The van der Waals surface area contributed by atoms with E-state index in [2.05, 4.69) is 12.2 Å². The summed E-state index contributed by atoms with van der Waals surface area (Å²) in [6, 6.07) is 10.0. The summed E-state index contributed by atoms with van der Waals surface area (Å²) in [4.78, 5) is 11.1. The van der Waals surface area contributed by atoms with Gasteiger partial charge >= 0.3 is 0 Å². The summed E-state index contributed by atoms with van der Waals surface area (Å²) in [5.41, 5.74) is 0.872. The number of benzene rings is 1. The maximum absolute atomic E-state index is 11.1. The average molecular weight is 172 g/mol. The third kappa shape index (κ3) is 1.31. The highest BCUT2D eigenvalue weighted by atomic mass is 16.1. The van der Waals surface area contributed by atoms with Gasteiger partial charge in [-0.3, -0.25) is 0 Å². The summed E-state index contributed by atoms with van der Waals surface area (Å²) in [6.07, 6.45) is 6.95. The van der Waals surface area contributed by atoms with Gasteiger partial charge in [-0.1, -0.05) is 42.5 Å². The lowest BCUT2D eigenvalue weighted by Gasteiger charge is -2.21. The molecule has 0 aliphatic heterocycles. The predicted octanol–water partition coefficient (Wildman–Crippen LogP) is 2.47. The van der Waals surface area contributed by atoms with Gasteiger partial charge in [-0.15, -0.1) is 0 Å². The highest BCUT2D eigenvalue weighted by Crippen LogP contribution is 2.34. The second-order valence-electron chi connectivity index (χ2n) is 3.52. The molecule has 1 aromatic rings. The number of hydrogen-bond acceptors (Lipinski definition) is 1. The molecule has 0 aromatic heterocycles. The van der Waals surface area contributed by atoms with Crippen LogP contribution in [0.3, 0.4) is 0 Å². The summed E-state index contributed by atoms with van der Waals surface area (Å²) in [6.45, 7) is 0. The van der Waals surface area contributed by atoms with E-state index in [1.807, 2.05) is 30.3 Å². The number of hydrogen-bond donors (Lipinski definition) is 0. The van der Waals surface area contributed by atoms with Gasteiger partial charge in [-0.05, 0) is 18.4 Å². The molecule has 0 heterocycles. The Morgan fingerprint density at radius 3 is 2.23 bits per heavy atom. The van der Waals surface area contributed by atoms with Crippen LogP contribution in [0.1, 0.15) is 18.4 Å². The van der Waals surface area contributed by atoms with E-state index in [0.29, 0.717) is 0 Å². The molecule has 0 fully saturated rings. The number of rotatable bonds is 2. The molecule has 1 aromatic carbocycles. The van der Waals surface area contributed by atoms with Crippen LogP contribution in [0.4, 0.5) is 0 Å². The molecule has 1 nitrogen and oxygen atoms in total. The lowest BCUT2D eigenvalue weighted by Crippen LogP contribution is -2.23. The number of carbonyl (C=O) groups excluding carboxylic acids is 1. The van der Waals surface area contributed by atoms with Crippen LogP contribution in [-0.2, 0) is 10.2 Å². The zero-order valence-corrected chi connectivity index (χ0v) is 7.44. The van der Waals surface area contributed by atoms with Gasteiger partial charge in [0.05, 0.1) is 5.41 Å². The maximum atomic E-state index is 11.1. The Morgan fingerprint density at radius 1 is 1.08 bits per heavy atom. The molecule has 0 N–H and O–H groups in total. The first kappa shape index (κ1) is 8.24. The number of aldehydes is 1. The number of carbonyl (C=O) groups is 1. The van der Waals surface area contributed by atoms with E-state index >= 15 is 0 Å². The molecule has 0 bridgehead atoms. The molecule has 0 unspecified atom stereocenters. The highest BCUT2D eigenvalue weighted by Gasteiger charge is 2.31. The zero-order valence-electron chi connectivity index (χ0n) is 7.44. The van der Waals surface area contributed by atoms with E-state index in [1.54, 1.807) is 0 Å². The van der Waals surface area contributed by atoms with E-state index in [9.17, 15) is 4.79 Å². The maximum Gasteiger partial charge on any atom is 0.131 e. The van der Waals surface area contributed by atoms with Crippen molar-refractivity contribution in [3.8, 4) is 0 Å². The van der Waals surface area contributed by atoms with Gasteiger partial charge in [0, 0.05) is 0 Å². The van der Waals surface area contributed by atoms with Crippen molar-refractivity contribution in [1.82, 2.24) is 0 Å². The Bertz CT molecular complexity index is 316. The molecule has 2 rings (SSSR count). The minimum Gasteiger partial charge on any atom is -0.302 e. The molecule has 0 radical (unpaired) electrons. The van der Waals surface area contributed by atoms with E-state index in [-0.39, 0.29) is 5.41 Å². The summed E-state index contributed by atoms with van der Waals surface area (Å²) in [5.74, 6) is 0. The average Bonchev–Trinajstić information content (AvgIpc) is 2.69. The molecule has 1 aliphatic rings. The molecule has 0 amide bonds. The molecule has 1 aliphatic carbocycles. The minimum absolute atomic E-state index is 0.263. The second-order valence-corrected chi connectivity index (χ2v) is 3.52. The van der Waals surface area contributed by atoms with Crippen molar-refractivity contribution in [2.24, 2.45) is 0 Å². The van der Waals surface area contributed by atoms with Crippen molar-refractivity contribution in [3.05, 3.63) is 48.0 Å². The minimum atomic E-state index is -0.263. The summed E-state index contributed by atoms with van der Waals surface area (Å²) >= 11 is 0. The second kappa shape index (κ2) is 3.17. The summed E-state index contributed by atoms with van der Waals surface area (Å²) in [5, 5.41) is 0. The van der Waals surface area contributed by atoms with Crippen LogP contribution in [0.25, 0.3) is 0 Å². The lowest BCUT2D eigenvalue weighted by atomic mass is 9.80. The van der Waals surface area contributed by atoms with Gasteiger partial charge in [-0.2, -0.15) is 0 Å². The largest absolute Gasteiger partial charge is 0.302 e. The summed E-state index contributed by atoms with van der Waals surface area (Å²) < 4.78 is 0. The topological polar surface area (TPSA) is 17.1 Å². The standard InChI is InChI=1S/C12H12O/c13-10-12(8-4-5-9-12)11-6-2-1-3-7-11/h1-7,10H,8-9H2. The first-order valence-corrected chi connectivity index (χ1v) is 4.54. The highest BCUT2D eigenvalue weighted by molar-refractivity contribution is 5.70. The van der Waals surface area contributed by atoms with Crippen LogP contribution in [0, 0.1) is 0 Å². The molecule has 0 saturated heterocycles. The van der Waals surface area contributed by atoms with E-state index in [0.717, 1.165) is 24.7 Å². The first-order chi connectivity index (χ1) is 6.37.